The van der Waals surface area contributed by atoms with Crippen LogP contribution in [0.2, 0.25) is 0 Å². The number of carbonyl (C=O) groups is 1. The highest BCUT2D eigenvalue weighted by molar-refractivity contribution is 5.78. The molecule has 0 spiro atoms. The van der Waals surface area contributed by atoms with E-state index in [0.29, 0.717) is 24.9 Å². The zero-order valence-corrected chi connectivity index (χ0v) is 16.6. The Labute approximate surface area is 170 Å². The monoisotopic (exact) mass is 391 g/mol. The Morgan fingerprint density at radius 3 is 2.72 bits per heavy atom. The van der Waals surface area contributed by atoms with E-state index in [1.807, 2.05) is 49.4 Å². The molecular weight excluding hydrogens is 366 g/mol. The van der Waals surface area contributed by atoms with Gasteiger partial charge in [0, 0.05) is 17.0 Å². The molecular formula is C23H25N3O3. The second kappa shape index (κ2) is 8.90. The lowest BCUT2D eigenvalue weighted by Gasteiger charge is -2.13. The van der Waals surface area contributed by atoms with E-state index in [0.717, 1.165) is 48.3 Å². The van der Waals surface area contributed by atoms with Gasteiger partial charge in [0.1, 0.15) is 5.76 Å². The number of aryl methyl sites for hydroxylation is 1. The molecule has 0 saturated carbocycles. The fraction of sp³-hybridized carbons (Fsp3) is 0.348. The van der Waals surface area contributed by atoms with Crippen molar-refractivity contribution in [2.45, 2.75) is 39.2 Å². The summed E-state index contributed by atoms with van der Waals surface area (Å²) in [7, 11) is 0. The minimum atomic E-state index is -0.0613. The van der Waals surface area contributed by atoms with Crippen molar-refractivity contribution in [2.75, 3.05) is 6.61 Å². The maximum Gasteiger partial charge on any atom is 0.223 e. The first kappa shape index (κ1) is 19.2. The number of rotatable bonds is 6. The van der Waals surface area contributed by atoms with Gasteiger partial charge >= 0.3 is 0 Å². The Kier molecular flexibility index (Phi) is 5.89. The molecule has 0 fully saturated rings. The molecule has 2 aromatic heterocycles. The van der Waals surface area contributed by atoms with Gasteiger partial charge in [-0.05, 0) is 44.7 Å². The SMILES string of the molecule is CCOc1nc(-c2ccccc2)nc2c1CCC(C(=O)NCc1ccco1)CC2. The first-order valence-electron chi connectivity index (χ1n) is 10.1. The highest BCUT2D eigenvalue weighted by Crippen LogP contribution is 2.31. The molecule has 1 atom stereocenters. The molecule has 1 aliphatic carbocycles. The Morgan fingerprint density at radius 1 is 1.14 bits per heavy atom. The number of ether oxygens (including phenoxy) is 1. The van der Waals surface area contributed by atoms with Gasteiger partial charge in [-0.1, -0.05) is 30.3 Å². The lowest BCUT2D eigenvalue weighted by Crippen LogP contribution is -2.30. The van der Waals surface area contributed by atoms with Gasteiger partial charge in [0.2, 0.25) is 11.8 Å². The Morgan fingerprint density at radius 2 is 1.97 bits per heavy atom. The molecule has 1 aromatic carbocycles. The van der Waals surface area contributed by atoms with Crippen LogP contribution in [0.4, 0.5) is 0 Å². The van der Waals surface area contributed by atoms with Crippen molar-refractivity contribution in [3.63, 3.8) is 0 Å². The summed E-state index contributed by atoms with van der Waals surface area (Å²) in [6.07, 6.45) is 4.59. The predicted octanol–water partition coefficient (Wildman–Crippen LogP) is 3.95. The van der Waals surface area contributed by atoms with Crippen LogP contribution in [-0.4, -0.2) is 22.5 Å². The number of hydrogen-bond acceptors (Lipinski definition) is 5. The van der Waals surface area contributed by atoms with Crippen LogP contribution in [-0.2, 0) is 24.2 Å². The lowest BCUT2D eigenvalue weighted by atomic mass is 9.99. The molecule has 6 nitrogen and oxygen atoms in total. The van der Waals surface area contributed by atoms with Crippen LogP contribution in [0, 0.1) is 5.92 Å². The van der Waals surface area contributed by atoms with Crippen LogP contribution in [0.15, 0.2) is 53.1 Å². The summed E-state index contributed by atoms with van der Waals surface area (Å²) in [6, 6.07) is 13.6. The van der Waals surface area contributed by atoms with Gasteiger partial charge in [-0.3, -0.25) is 4.79 Å². The van der Waals surface area contributed by atoms with Crippen molar-refractivity contribution in [3.8, 4) is 17.3 Å². The molecule has 0 radical (unpaired) electrons. The van der Waals surface area contributed by atoms with Gasteiger partial charge in [-0.2, -0.15) is 4.98 Å². The third-order valence-electron chi connectivity index (χ3n) is 5.23. The average Bonchev–Trinajstić information content (AvgIpc) is 3.18. The fourth-order valence-electron chi connectivity index (χ4n) is 3.71. The van der Waals surface area contributed by atoms with Crippen LogP contribution < -0.4 is 10.1 Å². The van der Waals surface area contributed by atoms with E-state index in [1.165, 1.54) is 0 Å². The van der Waals surface area contributed by atoms with Crippen molar-refractivity contribution in [2.24, 2.45) is 5.92 Å². The Bertz CT molecular complexity index is 955. The highest BCUT2D eigenvalue weighted by atomic mass is 16.5. The third-order valence-corrected chi connectivity index (χ3v) is 5.23. The molecule has 0 aliphatic heterocycles. The van der Waals surface area contributed by atoms with Gasteiger partial charge in [-0.25, -0.2) is 4.98 Å². The fourth-order valence-corrected chi connectivity index (χ4v) is 3.71. The molecule has 1 unspecified atom stereocenters. The first-order chi connectivity index (χ1) is 14.2. The second-order valence-electron chi connectivity index (χ2n) is 7.15. The van der Waals surface area contributed by atoms with E-state index in [1.54, 1.807) is 6.26 Å². The number of hydrogen-bond donors (Lipinski definition) is 1. The predicted molar refractivity (Wildman–Crippen MR) is 109 cm³/mol. The molecule has 29 heavy (non-hydrogen) atoms. The summed E-state index contributed by atoms with van der Waals surface area (Å²) >= 11 is 0. The molecule has 1 N–H and O–H groups in total. The molecule has 1 amide bonds. The number of benzene rings is 1. The molecule has 0 saturated heterocycles. The standard InChI is InChI=1S/C23H25N3O3/c1-2-28-23-19-12-10-17(22(27)24-15-18-9-6-14-29-18)11-13-20(19)25-21(26-23)16-7-4-3-5-8-16/h3-9,14,17H,2,10-13,15H2,1H3,(H,24,27). The maximum atomic E-state index is 12.7. The van der Waals surface area contributed by atoms with Gasteiger partial charge < -0.3 is 14.5 Å². The first-order valence-corrected chi connectivity index (χ1v) is 10.1. The van der Waals surface area contributed by atoms with E-state index in [4.69, 9.17) is 14.1 Å². The zero-order chi connectivity index (χ0) is 20.1. The van der Waals surface area contributed by atoms with E-state index in [-0.39, 0.29) is 11.8 Å². The van der Waals surface area contributed by atoms with Crippen LogP contribution in [0.5, 0.6) is 5.88 Å². The molecule has 2 heterocycles. The van der Waals surface area contributed by atoms with Crippen LogP contribution in [0.3, 0.4) is 0 Å². The number of nitrogens with zero attached hydrogens (tertiary/aromatic N) is 2. The summed E-state index contributed by atoms with van der Waals surface area (Å²) in [5.74, 6) is 2.07. The normalized spacial score (nSPS) is 16.0. The van der Waals surface area contributed by atoms with E-state index >= 15 is 0 Å². The van der Waals surface area contributed by atoms with Crippen molar-refractivity contribution in [1.82, 2.24) is 15.3 Å². The van der Waals surface area contributed by atoms with Gasteiger partial charge in [0.25, 0.3) is 0 Å². The summed E-state index contributed by atoms with van der Waals surface area (Å²) < 4.78 is 11.1. The van der Waals surface area contributed by atoms with Crippen LogP contribution in [0.1, 0.15) is 36.8 Å². The lowest BCUT2D eigenvalue weighted by molar-refractivity contribution is -0.125. The number of nitrogens with one attached hydrogen (secondary N) is 1. The number of aromatic nitrogens is 2. The number of amides is 1. The molecule has 6 heteroatoms. The van der Waals surface area contributed by atoms with Crippen LogP contribution in [0.25, 0.3) is 11.4 Å². The van der Waals surface area contributed by atoms with Gasteiger partial charge in [-0.15, -0.1) is 0 Å². The summed E-state index contributed by atoms with van der Waals surface area (Å²) in [5.41, 5.74) is 2.99. The van der Waals surface area contributed by atoms with Crippen molar-refractivity contribution < 1.29 is 13.9 Å². The number of fused-ring (bicyclic) bond motifs is 1. The van der Waals surface area contributed by atoms with Crippen molar-refractivity contribution in [1.29, 1.82) is 0 Å². The van der Waals surface area contributed by atoms with Crippen molar-refractivity contribution in [3.05, 3.63) is 65.7 Å². The summed E-state index contributed by atoms with van der Waals surface area (Å²) in [6.45, 7) is 2.92. The van der Waals surface area contributed by atoms with Crippen LogP contribution >= 0.6 is 0 Å². The highest BCUT2D eigenvalue weighted by Gasteiger charge is 2.26. The summed E-state index contributed by atoms with van der Waals surface area (Å²) in [5, 5.41) is 2.99. The minimum Gasteiger partial charge on any atom is -0.478 e. The Hall–Kier alpha value is -3.15. The molecule has 0 bridgehead atoms. The summed E-state index contributed by atoms with van der Waals surface area (Å²) in [4.78, 5) is 22.2. The smallest absolute Gasteiger partial charge is 0.223 e. The van der Waals surface area contributed by atoms with Gasteiger partial charge in [0.05, 0.1) is 25.1 Å². The number of carbonyl (C=O) groups excluding carboxylic acids is 1. The molecule has 150 valence electrons. The second-order valence-corrected chi connectivity index (χ2v) is 7.15. The van der Waals surface area contributed by atoms with E-state index in [9.17, 15) is 4.79 Å². The maximum absolute atomic E-state index is 12.7. The topological polar surface area (TPSA) is 77.2 Å². The molecule has 4 rings (SSSR count). The average molecular weight is 391 g/mol. The van der Waals surface area contributed by atoms with Crippen molar-refractivity contribution >= 4 is 5.91 Å². The van der Waals surface area contributed by atoms with E-state index in [2.05, 4.69) is 10.3 Å². The minimum absolute atomic E-state index is 0.0587. The van der Waals surface area contributed by atoms with E-state index < -0.39 is 0 Å². The number of furan rings is 1. The Balaban J connectivity index is 1.52. The largest absolute Gasteiger partial charge is 0.478 e. The third kappa shape index (κ3) is 4.47. The molecule has 3 aromatic rings. The molecule has 1 aliphatic rings. The quantitative estimate of drug-likeness (QED) is 0.644. The van der Waals surface area contributed by atoms with Gasteiger partial charge in [0.15, 0.2) is 5.82 Å². The zero-order valence-electron chi connectivity index (χ0n) is 16.6.